The van der Waals surface area contributed by atoms with Crippen molar-refractivity contribution in [2.75, 3.05) is 7.11 Å². The van der Waals surface area contributed by atoms with E-state index in [-0.39, 0.29) is 12.4 Å². The second-order valence-corrected chi connectivity index (χ2v) is 8.04. The van der Waals surface area contributed by atoms with Gasteiger partial charge in [0.2, 0.25) is 0 Å². The number of benzene rings is 1. The van der Waals surface area contributed by atoms with Crippen molar-refractivity contribution in [3.05, 3.63) is 76.2 Å². The second kappa shape index (κ2) is 9.94. The lowest BCUT2D eigenvalue weighted by Gasteiger charge is -2.19. The third-order valence-corrected chi connectivity index (χ3v) is 6.24. The molecule has 5 heteroatoms. The molecular weight excluding hydrogens is 390 g/mol. The molecule has 1 aliphatic carbocycles. The van der Waals surface area contributed by atoms with Crippen molar-refractivity contribution in [3.8, 4) is 11.5 Å². The number of hydrogen-bond donors (Lipinski definition) is 0. The van der Waals surface area contributed by atoms with E-state index in [2.05, 4.69) is 46.8 Å². The van der Waals surface area contributed by atoms with Gasteiger partial charge < -0.3 is 9.47 Å². The average molecular weight is 416 g/mol. The van der Waals surface area contributed by atoms with Gasteiger partial charge in [-0.15, -0.1) is 23.7 Å². The quantitative estimate of drug-likeness (QED) is 0.455. The maximum absolute atomic E-state index is 6.28. The lowest BCUT2D eigenvalue weighted by Crippen LogP contribution is -2.12. The molecule has 148 valence electrons. The molecule has 0 saturated heterocycles. The van der Waals surface area contributed by atoms with E-state index in [0.29, 0.717) is 12.0 Å². The lowest BCUT2D eigenvalue weighted by molar-refractivity contribution is 0.200. The summed E-state index contributed by atoms with van der Waals surface area (Å²) in [7, 11) is 1.71. The molecule has 0 aliphatic heterocycles. The predicted octanol–water partition coefficient (Wildman–Crippen LogP) is 6.27. The zero-order chi connectivity index (χ0) is 18.5. The molecule has 1 saturated carbocycles. The monoisotopic (exact) mass is 415 g/mol. The maximum atomic E-state index is 6.28. The molecular formula is C23H26ClNO2S. The van der Waals surface area contributed by atoms with Gasteiger partial charge in [0.1, 0.15) is 0 Å². The highest BCUT2D eigenvalue weighted by Gasteiger charge is 2.20. The number of halogens is 1. The first-order chi connectivity index (χ1) is 13.3. The highest BCUT2D eigenvalue weighted by atomic mass is 35.5. The van der Waals surface area contributed by atoms with Crippen LogP contribution in [-0.2, 0) is 6.42 Å². The Labute approximate surface area is 177 Å². The van der Waals surface area contributed by atoms with E-state index in [1.165, 1.54) is 28.8 Å². The second-order valence-electron chi connectivity index (χ2n) is 7.06. The Morgan fingerprint density at radius 2 is 1.86 bits per heavy atom. The van der Waals surface area contributed by atoms with Crippen molar-refractivity contribution >= 4 is 23.7 Å². The van der Waals surface area contributed by atoms with Crippen LogP contribution in [0.4, 0.5) is 0 Å². The van der Waals surface area contributed by atoms with E-state index in [1.54, 1.807) is 18.4 Å². The van der Waals surface area contributed by atoms with Crippen LogP contribution in [0.5, 0.6) is 11.5 Å². The summed E-state index contributed by atoms with van der Waals surface area (Å²) in [5.74, 6) is 2.02. The van der Waals surface area contributed by atoms with Gasteiger partial charge in [-0.05, 0) is 78.9 Å². The molecule has 0 N–H and O–H groups in total. The summed E-state index contributed by atoms with van der Waals surface area (Å²) in [6, 6.07) is 14.9. The first kappa shape index (κ1) is 20.7. The molecule has 1 aromatic carbocycles. The molecule has 2 heterocycles. The van der Waals surface area contributed by atoms with Gasteiger partial charge in [-0.25, -0.2) is 0 Å². The molecule has 0 amide bonds. The molecule has 0 spiro atoms. The van der Waals surface area contributed by atoms with Crippen LogP contribution in [0.2, 0.25) is 0 Å². The third kappa shape index (κ3) is 4.86. The molecule has 1 atom stereocenters. The summed E-state index contributed by atoms with van der Waals surface area (Å²) in [4.78, 5) is 5.55. The Kier molecular flexibility index (Phi) is 7.35. The summed E-state index contributed by atoms with van der Waals surface area (Å²) in [5, 5.41) is 2.15. The molecule has 1 aliphatic rings. The Morgan fingerprint density at radius 1 is 1.07 bits per heavy atom. The minimum atomic E-state index is 0. The fourth-order valence-electron chi connectivity index (χ4n) is 3.83. The molecule has 28 heavy (non-hydrogen) atoms. The summed E-state index contributed by atoms with van der Waals surface area (Å²) < 4.78 is 11.8. The van der Waals surface area contributed by atoms with Crippen molar-refractivity contribution in [2.24, 2.45) is 0 Å². The number of methoxy groups -OCH3 is 1. The minimum absolute atomic E-state index is 0. The number of aromatic nitrogens is 1. The smallest absolute Gasteiger partial charge is 0.161 e. The van der Waals surface area contributed by atoms with Gasteiger partial charge >= 0.3 is 0 Å². The molecule has 0 bridgehead atoms. The SMILES string of the molecule is COc1ccc(CC(c2ccncc2)c2cccs2)cc1OC1CCCC1.Cl. The highest BCUT2D eigenvalue weighted by Crippen LogP contribution is 2.36. The van der Waals surface area contributed by atoms with Crippen molar-refractivity contribution < 1.29 is 9.47 Å². The maximum Gasteiger partial charge on any atom is 0.161 e. The van der Waals surface area contributed by atoms with Gasteiger partial charge in [-0.3, -0.25) is 4.98 Å². The standard InChI is InChI=1S/C23H25NO2S.ClH/c1-25-21-9-8-17(16-22(21)26-19-5-2-3-6-19)15-20(23-7-4-14-27-23)18-10-12-24-13-11-18;/h4,7-14,16,19-20H,2-3,5-6,15H2,1H3;1H. The van der Waals surface area contributed by atoms with Crippen LogP contribution in [0.3, 0.4) is 0 Å². The number of thiophene rings is 1. The van der Waals surface area contributed by atoms with Gasteiger partial charge in [-0.1, -0.05) is 12.1 Å². The normalized spacial score (nSPS) is 15.0. The molecule has 1 unspecified atom stereocenters. The van der Waals surface area contributed by atoms with E-state index in [4.69, 9.17) is 9.47 Å². The topological polar surface area (TPSA) is 31.4 Å². The summed E-state index contributed by atoms with van der Waals surface area (Å²) in [5.41, 5.74) is 2.56. The van der Waals surface area contributed by atoms with Gasteiger partial charge in [0, 0.05) is 23.2 Å². The first-order valence-corrected chi connectivity index (χ1v) is 10.5. The van der Waals surface area contributed by atoms with E-state index in [1.807, 2.05) is 18.5 Å². The summed E-state index contributed by atoms with van der Waals surface area (Å²) in [6.45, 7) is 0. The Bertz CT molecular complexity index is 848. The highest BCUT2D eigenvalue weighted by molar-refractivity contribution is 7.10. The van der Waals surface area contributed by atoms with Crippen LogP contribution in [0.15, 0.2) is 60.2 Å². The summed E-state index contributed by atoms with van der Waals surface area (Å²) >= 11 is 1.81. The molecule has 0 radical (unpaired) electrons. The van der Waals surface area contributed by atoms with Crippen molar-refractivity contribution in [2.45, 2.75) is 44.1 Å². The van der Waals surface area contributed by atoms with Gasteiger partial charge in [0.25, 0.3) is 0 Å². The fourth-order valence-corrected chi connectivity index (χ4v) is 4.68. The molecule has 3 aromatic rings. The molecule has 1 fully saturated rings. The van der Waals surface area contributed by atoms with Crippen LogP contribution >= 0.6 is 23.7 Å². The number of pyridine rings is 1. The van der Waals surface area contributed by atoms with E-state index in [0.717, 1.165) is 30.8 Å². The Hall–Kier alpha value is -2.04. The van der Waals surface area contributed by atoms with Crippen LogP contribution in [0.25, 0.3) is 0 Å². The molecule has 2 aromatic heterocycles. The number of rotatable bonds is 7. The Balaban J connectivity index is 0.00000225. The zero-order valence-corrected chi connectivity index (χ0v) is 17.7. The van der Waals surface area contributed by atoms with E-state index in [9.17, 15) is 0 Å². The third-order valence-electron chi connectivity index (χ3n) is 5.26. The van der Waals surface area contributed by atoms with Crippen molar-refractivity contribution in [1.29, 1.82) is 0 Å². The fraction of sp³-hybridized carbons (Fsp3) is 0.348. The average Bonchev–Trinajstić information content (AvgIpc) is 3.41. The summed E-state index contributed by atoms with van der Waals surface area (Å²) in [6.07, 6.45) is 9.80. The predicted molar refractivity (Wildman–Crippen MR) is 117 cm³/mol. The molecule has 4 rings (SSSR count). The molecule has 3 nitrogen and oxygen atoms in total. The number of hydrogen-bond acceptors (Lipinski definition) is 4. The van der Waals surface area contributed by atoms with Crippen LogP contribution in [0, 0.1) is 0 Å². The first-order valence-electron chi connectivity index (χ1n) is 9.60. The van der Waals surface area contributed by atoms with Crippen molar-refractivity contribution in [1.82, 2.24) is 4.98 Å². The van der Waals surface area contributed by atoms with Gasteiger partial charge in [-0.2, -0.15) is 0 Å². The Morgan fingerprint density at radius 3 is 2.54 bits per heavy atom. The van der Waals surface area contributed by atoms with Crippen LogP contribution < -0.4 is 9.47 Å². The number of ether oxygens (including phenoxy) is 2. The van der Waals surface area contributed by atoms with Gasteiger partial charge in [0.15, 0.2) is 11.5 Å². The largest absolute Gasteiger partial charge is 0.493 e. The van der Waals surface area contributed by atoms with Crippen molar-refractivity contribution in [3.63, 3.8) is 0 Å². The van der Waals surface area contributed by atoms with E-state index >= 15 is 0 Å². The van der Waals surface area contributed by atoms with Gasteiger partial charge in [0.05, 0.1) is 13.2 Å². The number of nitrogens with zero attached hydrogens (tertiary/aromatic N) is 1. The van der Waals surface area contributed by atoms with E-state index < -0.39 is 0 Å². The lowest BCUT2D eigenvalue weighted by atomic mass is 9.91. The van der Waals surface area contributed by atoms with Crippen LogP contribution in [-0.4, -0.2) is 18.2 Å². The zero-order valence-electron chi connectivity index (χ0n) is 16.0. The minimum Gasteiger partial charge on any atom is -0.493 e. The van der Waals surface area contributed by atoms with Crippen LogP contribution in [0.1, 0.15) is 47.6 Å².